The van der Waals surface area contributed by atoms with E-state index in [1.165, 1.54) is 31.4 Å². The summed E-state index contributed by atoms with van der Waals surface area (Å²) in [6, 6.07) is 14.7. The molecule has 0 bridgehead atoms. The number of hydrogen-bond donors (Lipinski definition) is 2. The second kappa shape index (κ2) is 8.27. The molecule has 0 saturated heterocycles. The van der Waals surface area contributed by atoms with Crippen molar-refractivity contribution in [2.24, 2.45) is 0 Å². The molecule has 0 atom stereocenters. The van der Waals surface area contributed by atoms with Crippen LogP contribution in [-0.4, -0.2) is 21.4 Å². The molecule has 0 radical (unpaired) electrons. The summed E-state index contributed by atoms with van der Waals surface area (Å²) in [4.78, 5) is 11.9. The summed E-state index contributed by atoms with van der Waals surface area (Å²) in [7, 11) is -2.60. The van der Waals surface area contributed by atoms with Gasteiger partial charge in [-0.15, -0.1) is 0 Å². The highest BCUT2D eigenvalue weighted by atomic mass is 32.2. The van der Waals surface area contributed by atoms with Crippen molar-refractivity contribution in [2.45, 2.75) is 4.90 Å². The summed E-state index contributed by atoms with van der Waals surface area (Å²) in [5.74, 6) is -2.22. The summed E-state index contributed by atoms with van der Waals surface area (Å²) in [6.07, 6.45) is 0. The molecule has 0 unspecified atom stereocenters. The molecule has 29 heavy (non-hydrogen) atoms. The molecule has 0 heterocycles. The van der Waals surface area contributed by atoms with Gasteiger partial charge in [-0.2, -0.15) is 0 Å². The third kappa shape index (κ3) is 4.88. The highest BCUT2D eigenvalue weighted by Gasteiger charge is 2.17. The van der Waals surface area contributed by atoms with Crippen molar-refractivity contribution >= 4 is 27.3 Å². The van der Waals surface area contributed by atoms with Crippen LogP contribution >= 0.6 is 0 Å². The maximum absolute atomic E-state index is 13.3. The molecule has 0 fully saturated rings. The van der Waals surface area contributed by atoms with E-state index in [4.69, 9.17) is 4.74 Å². The Labute approximate surface area is 166 Å². The van der Waals surface area contributed by atoms with Crippen LogP contribution in [0.3, 0.4) is 0 Å². The molecule has 9 heteroatoms. The molecule has 3 rings (SSSR count). The van der Waals surface area contributed by atoms with E-state index >= 15 is 0 Å². The molecule has 0 aliphatic rings. The Kier molecular flexibility index (Phi) is 5.79. The molecular formula is C20H16F2N2O4S. The number of benzene rings is 3. The number of hydrogen-bond acceptors (Lipinski definition) is 4. The fourth-order valence-corrected chi connectivity index (χ4v) is 3.52. The first-order valence-electron chi connectivity index (χ1n) is 8.32. The molecule has 0 aliphatic heterocycles. The molecule has 6 nitrogen and oxygen atoms in total. The van der Waals surface area contributed by atoms with E-state index in [1.807, 2.05) is 0 Å². The Morgan fingerprint density at radius 3 is 2.28 bits per heavy atom. The first-order chi connectivity index (χ1) is 13.8. The van der Waals surface area contributed by atoms with Gasteiger partial charge in [0.05, 0.1) is 12.0 Å². The molecule has 1 amide bonds. The van der Waals surface area contributed by atoms with Gasteiger partial charge in [0.25, 0.3) is 15.9 Å². The van der Waals surface area contributed by atoms with Gasteiger partial charge in [-0.3, -0.25) is 9.52 Å². The predicted octanol–water partition coefficient (Wildman–Crippen LogP) is 4.03. The van der Waals surface area contributed by atoms with Crippen LogP contribution in [0.15, 0.2) is 71.6 Å². The smallest absolute Gasteiger partial charge is 0.261 e. The van der Waals surface area contributed by atoms with Crippen molar-refractivity contribution in [2.75, 3.05) is 17.1 Å². The van der Waals surface area contributed by atoms with E-state index in [9.17, 15) is 22.0 Å². The number of ether oxygens (including phenoxy) is 1. The number of sulfonamides is 1. The second-order valence-electron chi connectivity index (χ2n) is 5.94. The number of carbonyl (C=O) groups is 1. The van der Waals surface area contributed by atoms with E-state index in [2.05, 4.69) is 10.0 Å². The lowest BCUT2D eigenvalue weighted by Crippen LogP contribution is -2.14. The zero-order valence-electron chi connectivity index (χ0n) is 15.1. The SMILES string of the molecule is COc1cccc(NC(=O)c2ccc(NS(=O)(=O)c3ccc(F)c(F)c3)cc2)c1. The van der Waals surface area contributed by atoms with Gasteiger partial charge >= 0.3 is 0 Å². The third-order valence-corrected chi connectivity index (χ3v) is 5.31. The van der Waals surface area contributed by atoms with Gasteiger partial charge in [0.15, 0.2) is 11.6 Å². The number of nitrogens with one attached hydrogen (secondary N) is 2. The monoisotopic (exact) mass is 418 g/mol. The number of amides is 1. The predicted molar refractivity (Wildman–Crippen MR) is 105 cm³/mol. The van der Waals surface area contributed by atoms with Crippen LogP contribution in [0.2, 0.25) is 0 Å². The topological polar surface area (TPSA) is 84.5 Å². The summed E-state index contributed by atoms with van der Waals surface area (Å²) in [5, 5.41) is 2.70. The molecule has 0 saturated carbocycles. The summed E-state index contributed by atoms with van der Waals surface area (Å²) >= 11 is 0. The van der Waals surface area contributed by atoms with Gasteiger partial charge in [-0.25, -0.2) is 17.2 Å². The Morgan fingerprint density at radius 1 is 0.897 bits per heavy atom. The minimum atomic E-state index is -4.11. The normalized spacial score (nSPS) is 11.0. The maximum Gasteiger partial charge on any atom is 0.261 e. The average Bonchev–Trinajstić information content (AvgIpc) is 2.70. The standard InChI is InChI=1S/C20H16F2N2O4S/c1-28-16-4-2-3-15(11-16)23-20(25)13-5-7-14(8-6-13)24-29(26,27)17-9-10-18(21)19(22)12-17/h2-12,24H,1H3,(H,23,25). The molecular weight excluding hydrogens is 402 g/mol. The van der Waals surface area contributed by atoms with Gasteiger partial charge in [-0.1, -0.05) is 6.07 Å². The average molecular weight is 418 g/mol. The van der Waals surface area contributed by atoms with Gasteiger partial charge in [0.2, 0.25) is 0 Å². The van der Waals surface area contributed by atoms with Crippen LogP contribution < -0.4 is 14.8 Å². The first kappa shape index (κ1) is 20.3. The van der Waals surface area contributed by atoms with Crippen LogP contribution in [0.25, 0.3) is 0 Å². The summed E-state index contributed by atoms with van der Waals surface area (Å²) < 4.78 is 58.2. The zero-order valence-corrected chi connectivity index (χ0v) is 16.0. The van der Waals surface area contributed by atoms with Crippen molar-refractivity contribution in [3.63, 3.8) is 0 Å². The quantitative estimate of drug-likeness (QED) is 0.633. The molecule has 0 spiro atoms. The highest BCUT2D eigenvalue weighted by molar-refractivity contribution is 7.92. The molecule has 150 valence electrons. The third-order valence-electron chi connectivity index (χ3n) is 3.93. The number of halogens is 2. The molecule has 3 aromatic carbocycles. The lowest BCUT2D eigenvalue weighted by atomic mass is 10.2. The van der Waals surface area contributed by atoms with E-state index in [1.54, 1.807) is 24.3 Å². The van der Waals surface area contributed by atoms with Crippen LogP contribution in [0.4, 0.5) is 20.2 Å². The zero-order chi connectivity index (χ0) is 21.0. The van der Waals surface area contributed by atoms with Gasteiger partial charge in [0.1, 0.15) is 5.75 Å². The number of methoxy groups -OCH3 is 1. The summed E-state index contributed by atoms with van der Waals surface area (Å²) in [6.45, 7) is 0. The van der Waals surface area contributed by atoms with Gasteiger partial charge in [-0.05, 0) is 54.6 Å². The van der Waals surface area contributed by atoms with Crippen LogP contribution in [0, 0.1) is 11.6 Å². The van der Waals surface area contributed by atoms with E-state index in [-0.39, 0.29) is 5.69 Å². The highest BCUT2D eigenvalue weighted by Crippen LogP contribution is 2.20. The second-order valence-corrected chi connectivity index (χ2v) is 7.63. The van der Waals surface area contributed by atoms with Gasteiger partial charge in [0, 0.05) is 23.0 Å². The first-order valence-corrected chi connectivity index (χ1v) is 9.80. The molecule has 0 aliphatic carbocycles. The van der Waals surface area contributed by atoms with Crippen LogP contribution in [0.5, 0.6) is 5.75 Å². The number of carbonyl (C=O) groups excluding carboxylic acids is 1. The largest absolute Gasteiger partial charge is 0.497 e. The number of anilines is 2. The Morgan fingerprint density at radius 2 is 1.62 bits per heavy atom. The fourth-order valence-electron chi connectivity index (χ4n) is 2.45. The molecule has 3 aromatic rings. The number of rotatable bonds is 6. The Balaban J connectivity index is 1.72. The van der Waals surface area contributed by atoms with Crippen molar-refractivity contribution < 1.29 is 26.7 Å². The van der Waals surface area contributed by atoms with E-state index in [0.29, 0.717) is 23.1 Å². The molecule has 2 N–H and O–H groups in total. The van der Waals surface area contributed by atoms with Gasteiger partial charge < -0.3 is 10.1 Å². The van der Waals surface area contributed by atoms with E-state index in [0.717, 1.165) is 12.1 Å². The fraction of sp³-hybridized carbons (Fsp3) is 0.0500. The Hall–Kier alpha value is -3.46. The molecule has 0 aromatic heterocycles. The van der Waals surface area contributed by atoms with Crippen molar-refractivity contribution in [1.82, 2.24) is 0 Å². The summed E-state index contributed by atoms with van der Waals surface area (Å²) in [5.41, 5.74) is 0.994. The van der Waals surface area contributed by atoms with Crippen LogP contribution in [0.1, 0.15) is 10.4 Å². The van der Waals surface area contributed by atoms with Crippen molar-refractivity contribution in [3.05, 3.63) is 83.9 Å². The Bertz CT molecular complexity index is 1150. The minimum Gasteiger partial charge on any atom is -0.497 e. The lowest BCUT2D eigenvalue weighted by molar-refractivity contribution is 0.102. The van der Waals surface area contributed by atoms with Crippen LogP contribution in [-0.2, 0) is 10.0 Å². The van der Waals surface area contributed by atoms with E-state index < -0.39 is 32.5 Å². The maximum atomic E-state index is 13.3. The minimum absolute atomic E-state index is 0.160. The van der Waals surface area contributed by atoms with Crippen molar-refractivity contribution in [3.8, 4) is 5.75 Å². The lowest BCUT2D eigenvalue weighted by Gasteiger charge is -2.10. The van der Waals surface area contributed by atoms with Crippen molar-refractivity contribution in [1.29, 1.82) is 0 Å².